The fourth-order valence-electron chi connectivity index (χ4n) is 1.99. The molecule has 0 bridgehead atoms. The summed E-state index contributed by atoms with van der Waals surface area (Å²) in [5.74, 6) is -1.77. The minimum atomic E-state index is -1.15. The number of carbonyl (C=O) groups excluding carboxylic acids is 2. The molecule has 0 aromatic carbocycles. The number of nitro groups is 1. The van der Waals surface area contributed by atoms with Crippen molar-refractivity contribution in [3.8, 4) is 12.1 Å². The second-order valence-corrected chi connectivity index (χ2v) is 4.86. The smallest absolute Gasteiger partial charge is 0.286 e. The molecular formula is C14H14N6O5. The largest absolute Gasteiger partial charge is 0.365 e. The van der Waals surface area contributed by atoms with Gasteiger partial charge >= 0.3 is 0 Å². The molecule has 1 aromatic rings. The Bertz CT molecular complexity index is 814. The SMILES string of the molecule is N#CCCN(CCC#N)C(=O)Cn1cc([N+](=O)[O-])cc(C(N)=O)c1=O. The van der Waals surface area contributed by atoms with E-state index in [2.05, 4.69) is 0 Å². The zero-order valence-corrected chi connectivity index (χ0v) is 13.0. The molecule has 0 aliphatic carbocycles. The Morgan fingerprint density at radius 3 is 2.28 bits per heavy atom. The topological polar surface area (TPSA) is 176 Å². The molecule has 0 saturated heterocycles. The number of rotatable bonds is 8. The number of nitrogens with zero attached hydrogens (tertiary/aromatic N) is 5. The predicted octanol–water partition coefficient (Wildman–Crippen LogP) is -0.489. The number of nitrogens with two attached hydrogens (primary N) is 1. The minimum Gasteiger partial charge on any atom is -0.365 e. The van der Waals surface area contributed by atoms with E-state index in [-0.39, 0.29) is 25.9 Å². The first-order valence-electron chi connectivity index (χ1n) is 7.02. The lowest BCUT2D eigenvalue weighted by Crippen LogP contribution is -2.39. The van der Waals surface area contributed by atoms with Crippen molar-refractivity contribution in [2.24, 2.45) is 5.73 Å². The highest BCUT2D eigenvalue weighted by atomic mass is 16.6. The van der Waals surface area contributed by atoms with Crippen LogP contribution in [0.2, 0.25) is 0 Å². The van der Waals surface area contributed by atoms with Crippen molar-refractivity contribution in [2.75, 3.05) is 13.1 Å². The van der Waals surface area contributed by atoms with Crippen LogP contribution in [0, 0.1) is 32.8 Å². The fourth-order valence-corrected chi connectivity index (χ4v) is 1.99. The molecule has 0 atom stereocenters. The molecule has 25 heavy (non-hydrogen) atoms. The summed E-state index contributed by atoms with van der Waals surface area (Å²) in [5, 5.41) is 28.1. The van der Waals surface area contributed by atoms with Gasteiger partial charge in [-0.1, -0.05) is 0 Å². The van der Waals surface area contributed by atoms with Crippen molar-refractivity contribution < 1.29 is 14.5 Å². The van der Waals surface area contributed by atoms with Crippen LogP contribution in [0.3, 0.4) is 0 Å². The van der Waals surface area contributed by atoms with Crippen molar-refractivity contribution in [1.82, 2.24) is 9.47 Å². The van der Waals surface area contributed by atoms with E-state index in [0.717, 1.165) is 12.3 Å². The highest BCUT2D eigenvalue weighted by Gasteiger charge is 2.20. The Morgan fingerprint density at radius 1 is 1.28 bits per heavy atom. The molecular weight excluding hydrogens is 332 g/mol. The van der Waals surface area contributed by atoms with E-state index < -0.39 is 40.1 Å². The van der Waals surface area contributed by atoms with Gasteiger partial charge in [0.25, 0.3) is 17.2 Å². The van der Waals surface area contributed by atoms with Gasteiger partial charge in [-0.05, 0) is 0 Å². The van der Waals surface area contributed by atoms with Crippen molar-refractivity contribution >= 4 is 17.5 Å². The predicted molar refractivity (Wildman–Crippen MR) is 82.9 cm³/mol. The Morgan fingerprint density at radius 2 is 1.84 bits per heavy atom. The maximum Gasteiger partial charge on any atom is 0.286 e. The van der Waals surface area contributed by atoms with Crippen LogP contribution < -0.4 is 11.3 Å². The summed E-state index contributed by atoms with van der Waals surface area (Å²) in [6.45, 7) is -0.496. The molecule has 0 aliphatic heterocycles. The summed E-state index contributed by atoms with van der Waals surface area (Å²) in [7, 11) is 0. The second kappa shape index (κ2) is 8.79. The van der Waals surface area contributed by atoms with Crippen molar-refractivity contribution in [1.29, 1.82) is 10.5 Å². The van der Waals surface area contributed by atoms with Gasteiger partial charge in [0, 0.05) is 19.2 Å². The van der Waals surface area contributed by atoms with Gasteiger partial charge in [0.2, 0.25) is 5.91 Å². The third-order valence-electron chi connectivity index (χ3n) is 3.19. The van der Waals surface area contributed by atoms with Gasteiger partial charge in [0.05, 0.1) is 36.1 Å². The van der Waals surface area contributed by atoms with Gasteiger partial charge in [0.15, 0.2) is 0 Å². The Hall–Kier alpha value is -3.73. The van der Waals surface area contributed by atoms with E-state index in [0.29, 0.717) is 4.57 Å². The summed E-state index contributed by atoms with van der Waals surface area (Å²) in [5.41, 5.74) is 2.92. The van der Waals surface area contributed by atoms with Crippen LogP contribution in [0.4, 0.5) is 5.69 Å². The van der Waals surface area contributed by atoms with Crippen LogP contribution in [0.15, 0.2) is 17.1 Å². The van der Waals surface area contributed by atoms with Crippen molar-refractivity contribution in [3.63, 3.8) is 0 Å². The van der Waals surface area contributed by atoms with Gasteiger partial charge < -0.3 is 10.6 Å². The maximum atomic E-state index is 12.3. The highest BCUT2D eigenvalue weighted by molar-refractivity contribution is 5.93. The lowest BCUT2D eigenvalue weighted by molar-refractivity contribution is -0.385. The van der Waals surface area contributed by atoms with Crippen LogP contribution in [-0.4, -0.2) is 39.3 Å². The first kappa shape index (κ1) is 19.3. The van der Waals surface area contributed by atoms with E-state index in [1.54, 1.807) is 0 Å². The third-order valence-corrected chi connectivity index (χ3v) is 3.19. The molecule has 130 valence electrons. The summed E-state index contributed by atoms with van der Waals surface area (Å²) >= 11 is 0. The van der Waals surface area contributed by atoms with Crippen molar-refractivity contribution in [3.05, 3.63) is 38.3 Å². The lowest BCUT2D eigenvalue weighted by atomic mass is 10.2. The number of carbonyl (C=O) groups is 2. The molecule has 0 spiro atoms. The van der Waals surface area contributed by atoms with Crippen molar-refractivity contribution in [2.45, 2.75) is 19.4 Å². The van der Waals surface area contributed by atoms with Crippen LogP contribution in [0.1, 0.15) is 23.2 Å². The first-order chi connectivity index (χ1) is 11.8. The molecule has 1 aromatic heterocycles. The van der Waals surface area contributed by atoms with Gasteiger partial charge in [-0.3, -0.25) is 29.1 Å². The standard InChI is InChI=1S/C14H14N6O5/c15-3-1-5-18(6-2-4-16)12(21)9-19-8-10(20(24)25)7-11(13(17)22)14(19)23/h7-8H,1-2,5-6,9H2,(H2,17,22). The molecule has 1 heterocycles. The van der Waals surface area contributed by atoms with E-state index in [9.17, 15) is 24.5 Å². The normalized spacial score (nSPS) is 9.68. The van der Waals surface area contributed by atoms with Crippen LogP contribution in [-0.2, 0) is 11.3 Å². The molecule has 0 radical (unpaired) electrons. The van der Waals surface area contributed by atoms with Crippen LogP contribution in [0.5, 0.6) is 0 Å². The average Bonchev–Trinajstić information content (AvgIpc) is 2.56. The van der Waals surface area contributed by atoms with Crippen LogP contribution >= 0.6 is 0 Å². The molecule has 0 unspecified atom stereocenters. The molecule has 0 fully saturated rings. The zero-order chi connectivity index (χ0) is 19.0. The fraction of sp³-hybridized carbons (Fsp3) is 0.357. The molecule has 2 amide bonds. The van der Waals surface area contributed by atoms with E-state index in [1.165, 1.54) is 4.90 Å². The van der Waals surface area contributed by atoms with Gasteiger partial charge in [-0.25, -0.2) is 0 Å². The Balaban J connectivity index is 3.18. The Kier molecular flexibility index (Phi) is 6.79. The molecule has 1 rings (SSSR count). The lowest BCUT2D eigenvalue weighted by Gasteiger charge is -2.20. The summed E-state index contributed by atoms with van der Waals surface area (Å²) in [6, 6.07) is 4.46. The number of nitriles is 2. The average molecular weight is 346 g/mol. The first-order valence-corrected chi connectivity index (χ1v) is 7.02. The molecule has 0 saturated carbocycles. The van der Waals surface area contributed by atoms with Gasteiger partial charge in [-0.2, -0.15) is 10.5 Å². The number of hydrogen-bond acceptors (Lipinski definition) is 7. The minimum absolute atomic E-state index is 0.0214. The Labute approximate surface area is 141 Å². The van der Waals surface area contributed by atoms with Gasteiger partial charge in [0.1, 0.15) is 12.1 Å². The highest BCUT2D eigenvalue weighted by Crippen LogP contribution is 2.10. The maximum absolute atomic E-state index is 12.3. The van der Waals surface area contributed by atoms with E-state index in [4.69, 9.17) is 16.3 Å². The van der Waals surface area contributed by atoms with Crippen LogP contribution in [0.25, 0.3) is 0 Å². The molecule has 2 N–H and O–H groups in total. The number of aromatic nitrogens is 1. The summed E-state index contributed by atoms with van der Waals surface area (Å²) in [4.78, 5) is 47.0. The number of hydrogen-bond donors (Lipinski definition) is 1. The summed E-state index contributed by atoms with van der Waals surface area (Å²) in [6.07, 6.45) is 0.876. The quantitative estimate of drug-likeness (QED) is 0.487. The molecule has 11 heteroatoms. The zero-order valence-electron chi connectivity index (χ0n) is 13.0. The second-order valence-electron chi connectivity index (χ2n) is 4.86. The number of primary amides is 1. The number of pyridine rings is 1. The monoisotopic (exact) mass is 346 g/mol. The third kappa shape index (κ3) is 5.14. The summed E-state index contributed by atoms with van der Waals surface area (Å²) < 4.78 is 0.715. The molecule has 0 aliphatic rings. The number of amides is 2. The van der Waals surface area contributed by atoms with E-state index in [1.807, 2.05) is 12.1 Å². The molecule has 11 nitrogen and oxygen atoms in total. The van der Waals surface area contributed by atoms with Gasteiger partial charge in [-0.15, -0.1) is 0 Å². The van der Waals surface area contributed by atoms with E-state index >= 15 is 0 Å².